The summed E-state index contributed by atoms with van der Waals surface area (Å²) < 4.78 is 0. The van der Waals surface area contributed by atoms with Crippen LogP contribution in [0, 0.1) is 16.0 Å². The van der Waals surface area contributed by atoms with Gasteiger partial charge in [-0.2, -0.15) is 0 Å². The lowest BCUT2D eigenvalue weighted by molar-refractivity contribution is -0.384. The Bertz CT molecular complexity index is 1620. The van der Waals surface area contributed by atoms with E-state index in [0.717, 1.165) is 11.1 Å². The van der Waals surface area contributed by atoms with E-state index in [1.54, 1.807) is 11.0 Å². The summed E-state index contributed by atoms with van der Waals surface area (Å²) in [5.74, 6) is -1.13. The molecule has 1 aliphatic heterocycles. The molecule has 2 amide bonds. The number of aromatic nitrogens is 1. The van der Waals surface area contributed by atoms with E-state index < -0.39 is 16.7 Å². The molecule has 39 heavy (non-hydrogen) atoms. The Kier molecular flexibility index (Phi) is 6.92. The van der Waals surface area contributed by atoms with Crippen molar-refractivity contribution in [2.45, 2.75) is 6.42 Å². The first kappa shape index (κ1) is 25.4. The van der Waals surface area contributed by atoms with Gasteiger partial charge in [-0.3, -0.25) is 19.7 Å². The summed E-state index contributed by atoms with van der Waals surface area (Å²) in [6.07, 6.45) is 3.88. The summed E-state index contributed by atoms with van der Waals surface area (Å²) in [7, 11) is 0. The second kappa shape index (κ2) is 10.6. The van der Waals surface area contributed by atoms with Gasteiger partial charge >= 0.3 is 0 Å². The third-order valence-electron chi connectivity index (χ3n) is 6.64. The van der Waals surface area contributed by atoms with Gasteiger partial charge in [-0.15, -0.1) is 0 Å². The first-order valence-electron chi connectivity index (χ1n) is 12.3. The molecule has 0 radical (unpaired) electrons. The Morgan fingerprint density at radius 3 is 2.56 bits per heavy atom. The van der Waals surface area contributed by atoms with Crippen LogP contribution >= 0.6 is 0 Å². The van der Waals surface area contributed by atoms with Crippen molar-refractivity contribution in [1.82, 2.24) is 9.88 Å². The molecule has 4 aromatic rings. The van der Waals surface area contributed by atoms with Gasteiger partial charge in [0.25, 0.3) is 5.69 Å². The molecule has 1 atom stereocenters. The van der Waals surface area contributed by atoms with Gasteiger partial charge in [-0.25, -0.2) is 4.99 Å². The fourth-order valence-electron chi connectivity index (χ4n) is 4.62. The number of fused-ring (bicyclic) bond motifs is 1. The van der Waals surface area contributed by atoms with Crippen molar-refractivity contribution in [1.29, 1.82) is 0 Å². The first-order valence-corrected chi connectivity index (χ1v) is 12.3. The summed E-state index contributed by atoms with van der Waals surface area (Å²) in [5.41, 5.74) is 8.84. The molecule has 10 heteroatoms. The largest absolute Gasteiger partial charge is 0.494 e. The first-order chi connectivity index (χ1) is 18.8. The van der Waals surface area contributed by atoms with Gasteiger partial charge in [-0.1, -0.05) is 54.6 Å². The number of nitrogens with one attached hydrogen (secondary N) is 1. The maximum Gasteiger partial charge on any atom is 0.270 e. The highest BCUT2D eigenvalue weighted by molar-refractivity contribution is 6.22. The summed E-state index contributed by atoms with van der Waals surface area (Å²) in [5, 5.41) is 22.7. The Morgan fingerprint density at radius 1 is 1.15 bits per heavy atom. The molecule has 1 fully saturated rings. The number of carbonyl (C=O) groups excluding carboxylic acids is 2. The number of nitrogens with two attached hydrogens (primary N) is 1. The van der Waals surface area contributed by atoms with Gasteiger partial charge in [0.1, 0.15) is 0 Å². The molecule has 10 nitrogen and oxygen atoms in total. The van der Waals surface area contributed by atoms with E-state index in [1.807, 2.05) is 66.7 Å². The average Bonchev–Trinajstić information content (AvgIpc) is 3.47. The lowest BCUT2D eigenvalue weighted by Crippen LogP contribution is -2.28. The van der Waals surface area contributed by atoms with Crippen molar-refractivity contribution >= 4 is 45.9 Å². The molecule has 5 rings (SSSR count). The Balaban J connectivity index is 1.44. The quantitative estimate of drug-likeness (QED) is 0.178. The van der Waals surface area contributed by atoms with Crippen LogP contribution in [0.1, 0.15) is 23.1 Å². The van der Waals surface area contributed by atoms with E-state index in [0.29, 0.717) is 41.0 Å². The van der Waals surface area contributed by atoms with Crippen LogP contribution in [-0.2, 0) is 9.59 Å². The summed E-state index contributed by atoms with van der Waals surface area (Å²) >= 11 is 0. The molecule has 4 N–H and O–H groups in total. The molecule has 0 aliphatic carbocycles. The number of aromatic hydroxyl groups is 1. The van der Waals surface area contributed by atoms with E-state index in [1.165, 1.54) is 12.1 Å². The van der Waals surface area contributed by atoms with Crippen molar-refractivity contribution in [3.63, 3.8) is 0 Å². The number of benzene rings is 3. The molecule has 1 saturated heterocycles. The second-order valence-corrected chi connectivity index (χ2v) is 9.26. The molecule has 1 unspecified atom stereocenters. The SMILES string of the molecule is NC(=O)C1CC(=O)N(C/C=C\c2ccc(N=C(c3ccccc3)c3c(O)[nH]c4ccc([N+](=O)[O-])cc34)cc2)C1. The highest BCUT2D eigenvalue weighted by Crippen LogP contribution is 2.33. The lowest BCUT2D eigenvalue weighted by Gasteiger charge is -2.13. The normalized spacial score (nSPS) is 15.9. The van der Waals surface area contributed by atoms with Gasteiger partial charge < -0.3 is 20.7 Å². The van der Waals surface area contributed by atoms with Crippen LogP contribution in [0.2, 0.25) is 0 Å². The van der Waals surface area contributed by atoms with E-state index >= 15 is 0 Å². The number of hydrogen-bond acceptors (Lipinski definition) is 6. The van der Waals surface area contributed by atoms with E-state index in [4.69, 9.17) is 10.7 Å². The number of aromatic amines is 1. The van der Waals surface area contributed by atoms with Crippen LogP contribution in [0.5, 0.6) is 5.88 Å². The van der Waals surface area contributed by atoms with Crippen LogP contribution in [0.3, 0.4) is 0 Å². The number of amides is 2. The Labute approximate surface area is 223 Å². The van der Waals surface area contributed by atoms with Crippen molar-refractivity contribution in [3.05, 3.63) is 106 Å². The van der Waals surface area contributed by atoms with E-state index in [2.05, 4.69) is 4.98 Å². The van der Waals surface area contributed by atoms with Crippen LogP contribution in [0.4, 0.5) is 11.4 Å². The standard InChI is InChI=1S/C29H25N5O5/c30-28(36)20-15-25(35)33(17-20)14-4-5-18-8-10-21(11-9-18)31-27(19-6-2-1-3-7-19)26-23-16-22(34(38)39)12-13-24(23)32-29(26)37/h1-13,16,20,32,37H,14-15,17H2,(H2,30,36)/b5-4-,31-27?. The fraction of sp³-hybridized carbons (Fsp3) is 0.138. The maximum atomic E-state index is 12.1. The minimum atomic E-state index is -0.478. The van der Waals surface area contributed by atoms with Gasteiger partial charge in [-0.05, 0) is 23.8 Å². The number of likely N-dealkylation sites (tertiary alicyclic amines) is 1. The number of carbonyl (C=O) groups is 2. The van der Waals surface area contributed by atoms with E-state index in [-0.39, 0.29) is 23.9 Å². The molecule has 196 valence electrons. The molecule has 1 aliphatic rings. The minimum absolute atomic E-state index is 0.0903. The molecule has 1 aromatic heterocycles. The molecule has 0 saturated carbocycles. The summed E-state index contributed by atoms with van der Waals surface area (Å²) in [6.45, 7) is 0.713. The number of nitro groups is 1. The van der Waals surface area contributed by atoms with Crippen molar-refractivity contribution in [2.75, 3.05) is 13.1 Å². The molecule has 0 bridgehead atoms. The zero-order valence-electron chi connectivity index (χ0n) is 20.8. The van der Waals surface area contributed by atoms with Crippen LogP contribution in [0.25, 0.3) is 17.0 Å². The minimum Gasteiger partial charge on any atom is -0.494 e. The van der Waals surface area contributed by atoms with Crippen molar-refractivity contribution < 1.29 is 19.6 Å². The third-order valence-corrected chi connectivity index (χ3v) is 6.64. The Morgan fingerprint density at radius 2 is 1.90 bits per heavy atom. The topological polar surface area (TPSA) is 155 Å². The fourth-order valence-corrected chi connectivity index (χ4v) is 4.62. The second-order valence-electron chi connectivity index (χ2n) is 9.26. The van der Waals surface area contributed by atoms with Crippen LogP contribution in [0.15, 0.2) is 83.9 Å². The molecular weight excluding hydrogens is 498 g/mol. The number of nitrogens with zero attached hydrogens (tertiary/aromatic N) is 3. The third kappa shape index (κ3) is 5.40. The van der Waals surface area contributed by atoms with Gasteiger partial charge in [0.2, 0.25) is 11.8 Å². The van der Waals surface area contributed by atoms with Gasteiger partial charge in [0.05, 0.1) is 27.8 Å². The maximum absolute atomic E-state index is 12.1. The molecule has 0 spiro atoms. The molecule has 2 heterocycles. The van der Waals surface area contributed by atoms with Gasteiger partial charge in [0, 0.05) is 48.1 Å². The van der Waals surface area contributed by atoms with Gasteiger partial charge in [0.15, 0.2) is 5.88 Å². The smallest absolute Gasteiger partial charge is 0.270 e. The van der Waals surface area contributed by atoms with Crippen LogP contribution in [-0.4, -0.2) is 50.5 Å². The zero-order chi connectivity index (χ0) is 27.5. The number of H-pyrrole nitrogens is 1. The lowest BCUT2D eigenvalue weighted by atomic mass is 10.0. The molecule has 3 aromatic carbocycles. The van der Waals surface area contributed by atoms with Crippen molar-refractivity contribution in [3.8, 4) is 5.88 Å². The van der Waals surface area contributed by atoms with Crippen LogP contribution < -0.4 is 5.73 Å². The average molecular weight is 524 g/mol. The predicted octanol–water partition coefficient (Wildman–Crippen LogP) is 4.30. The highest BCUT2D eigenvalue weighted by atomic mass is 16.6. The highest BCUT2D eigenvalue weighted by Gasteiger charge is 2.32. The predicted molar refractivity (Wildman–Crippen MR) is 148 cm³/mol. The Hall–Kier alpha value is -5.25. The number of aliphatic imine (C=N–C) groups is 1. The summed E-state index contributed by atoms with van der Waals surface area (Å²) in [4.78, 5) is 43.7. The zero-order valence-corrected chi connectivity index (χ0v) is 20.8. The summed E-state index contributed by atoms with van der Waals surface area (Å²) in [6, 6.07) is 21.0. The number of rotatable bonds is 8. The van der Waals surface area contributed by atoms with E-state index in [9.17, 15) is 24.8 Å². The number of primary amides is 1. The number of nitro benzene ring substituents is 1. The number of non-ortho nitro benzene ring substituents is 1. The monoisotopic (exact) mass is 523 g/mol. The number of hydrogen-bond donors (Lipinski definition) is 3. The molecular formula is C29H25N5O5. The van der Waals surface area contributed by atoms with Crippen molar-refractivity contribution in [2.24, 2.45) is 16.6 Å².